The average molecular weight is 1090 g/mol. The number of fused-ring (bicyclic) bond motifs is 15. The molecule has 0 aromatic heterocycles. The summed E-state index contributed by atoms with van der Waals surface area (Å²) in [5, 5.41) is 35.9. The first kappa shape index (κ1) is 54.4. The normalized spacial score (nSPS) is 11.5. The molecule has 84 heavy (non-hydrogen) atoms. The fourth-order valence-electron chi connectivity index (χ4n) is 12.4. The molecule has 0 atom stereocenters. The van der Waals surface area contributed by atoms with Gasteiger partial charge < -0.3 is 20.1 Å². The second-order valence-corrected chi connectivity index (χ2v) is 21.0. The Bertz CT molecular complexity index is 4190. The Hall–Kier alpha value is -10.2. The number of rotatable bonds is 4. The first-order valence-electron chi connectivity index (χ1n) is 27.2. The Labute approximate surface area is 495 Å². The van der Waals surface area contributed by atoms with Crippen LogP contribution in [-0.4, -0.2) is 53.9 Å². The van der Waals surface area contributed by atoms with Gasteiger partial charge in [0.15, 0.2) is 22.7 Å². The van der Waals surface area contributed by atoms with Crippen molar-refractivity contribution in [2.45, 2.75) is 0 Å². The molecule has 0 aliphatic carbocycles. The van der Waals surface area contributed by atoms with Crippen LogP contribution in [0, 0.1) is 26.3 Å². The van der Waals surface area contributed by atoms with Crippen molar-refractivity contribution in [2.75, 3.05) is 0 Å². The topological polar surface area (TPSA) is 98.4 Å². The summed E-state index contributed by atoms with van der Waals surface area (Å²) in [4.78, 5) is 14.3. The van der Waals surface area contributed by atoms with Crippen LogP contribution >= 0.6 is 11.5 Å². The molecule has 0 unspecified atom stereocenters. The lowest BCUT2D eigenvalue weighted by Crippen LogP contribution is -2.57. The van der Waals surface area contributed by atoms with Crippen molar-refractivity contribution >= 4 is 123 Å². The lowest BCUT2D eigenvalue weighted by molar-refractivity contribution is 0.425. The van der Waals surface area contributed by atoms with E-state index in [1.54, 1.807) is 0 Å². The monoisotopic (exact) mass is 1090 g/mol. The third kappa shape index (κ3) is 9.69. The molecule has 11 aromatic rings. The summed E-state index contributed by atoms with van der Waals surface area (Å²) in [6.07, 6.45) is -0.102. The molecular formula is C70H44B5ClN4O4. The van der Waals surface area contributed by atoms with Gasteiger partial charge in [-0.3, -0.25) is 0 Å². The number of nitrogens with zero attached hydrogens (tertiary/aromatic N) is 4. The summed E-state index contributed by atoms with van der Waals surface area (Å²) in [7, 11) is -3.80. The predicted octanol–water partition coefficient (Wildman–Crippen LogP) is 8.94. The van der Waals surface area contributed by atoms with Gasteiger partial charge >= 0.3 is 20.4 Å². The van der Waals surface area contributed by atoms with E-state index < -0.39 is 14.2 Å². The van der Waals surface area contributed by atoms with Gasteiger partial charge in [-0.15, -0.1) is 0 Å². The lowest BCUT2D eigenvalue weighted by atomic mass is 9.32. The largest absolute Gasteiger partial charge is 0.476 e. The van der Waals surface area contributed by atoms with Crippen LogP contribution in [0.4, 0.5) is 22.7 Å². The smallest absolute Gasteiger partial charge is 0.424 e. The summed E-state index contributed by atoms with van der Waals surface area (Å²) >= 11 is 6.77. The third-order valence-electron chi connectivity index (χ3n) is 16.1. The molecule has 0 saturated carbocycles. The van der Waals surface area contributed by atoms with Crippen molar-refractivity contribution in [1.29, 1.82) is 0 Å². The van der Waals surface area contributed by atoms with Crippen molar-refractivity contribution in [3.05, 3.63) is 288 Å². The molecule has 0 fully saturated rings. The van der Waals surface area contributed by atoms with Gasteiger partial charge in [0.1, 0.15) is 0 Å². The lowest BCUT2D eigenvalue weighted by Gasteiger charge is -2.24. The van der Waals surface area contributed by atoms with Gasteiger partial charge in [-0.05, 0) is 88.6 Å². The van der Waals surface area contributed by atoms with Crippen molar-refractivity contribution < 1.29 is 20.1 Å². The molecule has 0 radical (unpaired) electrons. The molecule has 14 rings (SSSR count). The minimum absolute atomic E-state index is 0.102. The zero-order chi connectivity index (χ0) is 58.0. The molecule has 3 aliphatic rings. The van der Waals surface area contributed by atoms with Crippen LogP contribution in [0.15, 0.2) is 243 Å². The minimum atomic E-state index is -1.90. The van der Waals surface area contributed by atoms with Gasteiger partial charge in [0.05, 0.1) is 26.3 Å². The number of benzene rings is 11. The van der Waals surface area contributed by atoms with Gasteiger partial charge in [-0.1, -0.05) is 275 Å². The maximum atomic E-state index is 8.98. The quantitative estimate of drug-likeness (QED) is 0.105. The summed E-state index contributed by atoms with van der Waals surface area (Å²) in [6, 6.07) is 83.2. The van der Waals surface area contributed by atoms with Crippen molar-refractivity contribution in [3.8, 4) is 66.8 Å². The van der Waals surface area contributed by atoms with Crippen LogP contribution in [0.3, 0.4) is 0 Å². The van der Waals surface area contributed by atoms with E-state index in [1.807, 2.05) is 6.07 Å². The van der Waals surface area contributed by atoms with Gasteiger partial charge in [-0.2, -0.15) is 11.5 Å². The van der Waals surface area contributed by atoms with Crippen molar-refractivity contribution in [2.24, 2.45) is 0 Å². The second-order valence-electron chi connectivity index (χ2n) is 20.5. The van der Waals surface area contributed by atoms with Gasteiger partial charge in [0, 0.05) is 0 Å². The summed E-state index contributed by atoms with van der Waals surface area (Å²) < 4.78 is 0. The highest BCUT2D eigenvalue weighted by atomic mass is 35.5. The van der Waals surface area contributed by atoms with E-state index in [1.165, 1.54) is 77.7 Å². The SMILES string of the molecule is ClB1c2ccccc2-c2ccccc2-c2ccccc21.[C-]#[N+]c1cc([N+]#[C-])c(B(O)O)cc1B(O)O.[C-]#[N+]c1cc([N+]#[C-])c(B2c3ccccc3-c3ccccc3-c3ccccc32)cc1B1c2ccccc2-c2ccccc2-c2ccccc21. The van der Waals surface area contributed by atoms with Crippen LogP contribution < -0.4 is 54.6 Å². The van der Waals surface area contributed by atoms with E-state index in [-0.39, 0.29) is 41.9 Å². The summed E-state index contributed by atoms with van der Waals surface area (Å²) in [5.74, 6) is 0. The van der Waals surface area contributed by atoms with E-state index in [0.717, 1.165) is 44.9 Å². The molecule has 11 aromatic carbocycles. The highest BCUT2D eigenvalue weighted by Crippen LogP contribution is 2.37. The molecular weight excluding hydrogens is 1050 g/mol. The molecule has 4 N–H and O–H groups in total. The molecule has 3 heterocycles. The van der Waals surface area contributed by atoms with E-state index in [2.05, 4.69) is 244 Å². The Morgan fingerprint density at radius 2 is 0.476 bits per heavy atom. The van der Waals surface area contributed by atoms with E-state index >= 15 is 0 Å². The molecule has 0 spiro atoms. The zero-order valence-electron chi connectivity index (χ0n) is 44.9. The first-order valence-corrected chi connectivity index (χ1v) is 27.6. The molecule has 0 saturated heterocycles. The maximum absolute atomic E-state index is 8.98. The fourth-order valence-corrected chi connectivity index (χ4v) is 12.8. The van der Waals surface area contributed by atoms with Gasteiger partial charge in [0.25, 0.3) is 0 Å². The van der Waals surface area contributed by atoms with E-state index in [9.17, 15) is 0 Å². The van der Waals surface area contributed by atoms with Crippen molar-refractivity contribution in [1.82, 2.24) is 0 Å². The van der Waals surface area contributed by atoms with Crippen LogP contribution in [0.1, 0.15) is 0 Å². The molecule has 0 amide bonds. The first-order chi connectivity index (χ1) is 41.1. The maximum Gasteiger partial charge on any atom is 0.476 e. The average Bonchev–Trinajstić information content (AvgIpc) is 4.04. The highest BCUT2D eigenvalue weighted by Gasteiger charge is 2.37. The number of halogens is 1. The van der Waals surface area contributed by atoms with E-state index in [4.69, 9.17) is 57.8 Å². The Kier molecular flexibility index (Phi) is 15.1. The van der Waals surface area contributed by atoms with Crippen LogP contribution in [-0.2, 0) is 0 Å². The third-order valence-corrected chi connectivity index (χ3v) is 16.6. The highest BCUT2D eigenvalue weighted by molar-refractivity contribution is 7.22. The van der Waals surface area contributed by atoms with E-state index in [0.29, 0.717) is 11.4 Å². The number of hydrogen-bond acceptors (Lipinski definition) is 4. The van der Waals surface area contributed by atoms with Gasteiger partial charge in [-0.25, -0.2) is 19.4 Å². The molecule has 8 nitrogen and oxygen atoms in total. The standard InChI is InChI=1S/C44H26B2N2.C18H12BCl.C8H6B2N2O4/c1-47-43-28-44(48-2)42(46-39-25-13-9-21-35(39)31-17-5-6-18-32(31)36-22-10-14-26-40(36)46)27-41(43)45-37-23-11-7-19-33(37)29-15-3-4-16-30(29)34-20-8-12-24-38(34)45;20-19-17-11-5-3-9-15(17)13-7-1-2-8-14(13)16-10-4-6-12-18(16)19;1-11-7-4-8(12-2)6(10(15)16)3-5(7)9(13)14/h3-28H;1-12H;3-4,13-16H. The Morgan fingerprint density at radius 3 is 0.726 bits per heavy atom. The van der Waals surface area contributed by atoms with Crippen LogP contribution in [0.5, 0.6) is 0 Å². The second kappa shape index (κ2) is 23.4. The Morgan fingerprint density at radius 1 is 0.262 bits per heavy atom. The van der Waals surface area contributed by atoms with Crippen molar-refractivity contribution in [3.63, 3.8) is 0 Å². The molecule has 0 bridgehead atoms. The minimum Gasteiger partial charge on any atom is -0.424 e. The molecule has 3 aliphatic heterocycles. The predicted molar refractivity (Wildman–Crippen MR) is 350 cm³/mol. The van der Waals surface area contributed by atoms with Crippen LogP contribution in [0.2, 0.25) is 0 Å². The van der Waals surface area contributed by atoms with Gasteiger partial charge in [0.2, 0.25) is 13.4 Å². The fraction of sp³-hybridized carbons (Fsp3) is 0. The zero-order valence-corrected chi connectivity index (χ0v) is 45.7. The summed E-state index contributed by atoms with van der Waals surface area (Å²) in [5.41, 5.74) is 23.8. The Balaban J connectivity index is 0.000000157. The molecule has 14 heteroatoms. The van der Waals surface area contributed by atoms with Crippen LogP contribution in [0.25, 0.3) is 86.1 Å². The summed E-state index contributed by atoms with van der Waals surface area (Å²) in [6.45, 7) is 30.0. The molecule has 390 valence electrons. The number of hydrogen-bond donors (Lipinski definition) is 4.